The van der Waals surface area contributed by atoms with E-state index in [0.717, 1.165) is 12.0 Å². The molecule has 1 aromatic rings. The third-order valence-corrected chi connectivity index (χ3v) is 2.58. The number of hydrogen-bond acceptors (Lipinski definition) is 2. The maximum absolute atomic E-state index is 12.8. The molecule has 0 amide bonds. The number of benzene rings is 1. The highest BCUT2D eigenvalue weighted by Crippen LogP contribution is 2.15. The monoisotopic (exact) mass is 231 g/mol. The summed E-state index contributed by atoms with van der Waals surface area (Å²) in [6.07, 6.45) is 0.853. The van der Waals surface area contributed by atoms with Crippen molar-refractivity contribution in [3.63, 3.8) is 0 Å². The molecule has 0 saturated carbocycles. The van der Waals surface area contributed by atoms with Gasteiger partial charge in [0.15, 0.2) is 0 Å². The standard InChI is InChI=1S/C11H15ClFNO/c1-2-9(7-15)14-6-8-3-4-11(13)10(12)5-8/h3-5,9,14-15H,2,6-7H2,1H3. The van der Waals surface area contributed by atoms with Gasteiger partial charge in [-0.15, -0.1) is 0 Å². The van der Waals surface area contributed by atoms with Gasteiger partial charge in [0, 0.05) is 12.6 Å². The third-order valence-electron chi connectivity index (χ3n) is 2.29. The van der Waals surface area contributed by atoms with Gasteiger partial charge in [0.25, 0.3) is 0 Å². The van der Waals surface area contributed by atoms with Crippen molar-refractivity contribution in [1.29, 1.82) is 0 Å². The fourth-order valence-electron chi connectivity index (χ4n) is 1.25. The number of aliphatic hydroxyl groups is 1. The van der Waals surface area contributed by atoms with E-state index >= 15 is 0 Å². The number of nitrogens with one attached hydrogen (secondary N) is 1. The maximum Gasteiger partial charge on any atom is 0.141 e. The lowest BCUT2D eigenvalue weighted by molar-refractivity contribution is 0.238. The Balaban J connectivity index is 2.54. The van der Waals surface area contributed by atoms with Crippen LogP contribution in [0, 0.1) is 5.82 Å². The lowest BCUT2D eigenvalue weighted by atomic mass is 10.2. The van der Waals surface area contributed by atoms with Crippen LogP contribution in [0.2, 0.25) is 5.02 Å². The molecule has 0 aliphatic rings. The summed E-state index contributed by atoms with van der Waals surface area (Å²) in [5.74, 6) is -0.408. The normalized spacial score (nSPS) is 12.8. The lowest BCUT2D eigenvalue weighted by Gasteiger charge is -2.13. The summed E-state index contributed by atoms with van der Waals surface area (Å²) in [6, 6.07) is 4.69. The van der Waals surface area contributed by atoms with Gasteiger partial charge >= 0.3 is 0 Å². The minimum atomic E-state index is -0.408. The first-order valence-corrected chi connectivity index (χ1v) is 5.33. The summed E-state index contributed by atoms with van der Waals surface area (Å²) in [5, 5.41) is 12.2. The molecule has 0 saturated heterocycles. The Bertz CT molecular complexity index is 315. The molecule has 84 valence electrons. The highest BCUT2D eigenvalue weighted by atomic mass is 35.5. The zero-order chi connectivity index (χ0) is 11.3. The van der Waals surface area contributed by atoms with Crippen LogP contribution in [0.15, 0.2) is 18.2 Å². The highest BCUT2D eigenvalue weighted by Gasteiger charge is 2.05. The summed E-state index contributed by atoms with van der Waals surface area (Å²) in [5.41, 5.74) is 0.910. The molecule has 2 nitrogen and oxygen atoms in total. The molecule has 0 fully saturated rings. The summed E-state index contributed by atoms with van der Waals surface area (Å²) in [4.78, 5) is 0. The number of hydrogen-bond donors (Lipinski definition) is 2. The molecule has 0 aromatic heterocycles. The van der Waals surface area contributed by atoms with E-state index in [4.69, 9.17) is 16.7 Å². The van der Waals surface area contributed by atoms with Crippen LogP contribution in [0.1, 0.15) is 18.9 Å². The Hall–Kier alpha value is -0.640. The van der Waals surface area contributed by atoms with Gasteiger partial charge < -0.3 is 10.4 Å². The van der Waals surface area contributed by atoms with Gasteiger partial charge in [-0.1, -0.05) is 24.6 Å². The molecule has 0 bridgehead atoms. The van der Waals surface area contributed by atoms with E-state index in [9.17, 15) is 4.39 Å². The van der Waals surface area contributed by atoms with Crippen molar-refractivity contribution < 1.29 is 9.50 Å². The average molecular weight is 232 g/mol. The van der Waals surface area contributed by atoms with E-state index in [2.05, 4.69) is 5.32 Å². The van der Waals surface area contributed by atoms with Crippen LogP contribution in [0.3, 0.4) is 0 Å². The van der Waals surface area contributed by atoms with E-state index < -0.39 is 5.82 Å². The minimum Gasteiger partial charge on any atom is -0.395 e. The summed E-state index contributed by atoms with van der Waals surface area (Å²) in [6.45, 7) is 2.68. The Kier molecular flexibility index (Phi) is 5.02. The van der Waals surface area contributed by atoms with E-state index in [1.165, 1.54) is 6.07 Å². The predicted molar refractivity (Wildman–Crippen MR) is 59.4 cm³/mol. The maximum atomic E-state index is 12.8. The van der Waals surface area contributed by atoms with Crippen LogP contribution in [-0.4, -0.2) is 17.8 Å². The molecule has 4 heteroatoms. The summed E-state index contributed by atoms with van der Waals surface area (Å²) < 4.78 is 12.8. The van der Waals surface area contributed by atoms with E-state index in [1.807, 2.05) is 6.92 Å². The van der Waals surface area contributed by atoms with Crippen LogP contribution in [-0.2, 0) is 6.54 Å². The second-order valence-corrected chi connectivity index (χ2v) is 3.82. The topological polar surface area (TPSA) is 32.3 Å². The zero-order valence-electron chi connectivity index (χ0n) is 8.63. The molecule has 15 heavy (non-hydrogen) atoms. The van der Waals surface area contributed by atoms with Gasteiger partial charge in [-0.05, 0) is 24.1 Å². The molecule has 0 spiro atoms. The van der Waals surface area contributed by atoms with Gasteiger partial charge in [-0.2, -0.15) is 0 Å². The minimum absolute atomic E-state index is 0.0776. The van der Waals surface area contributed by atoms with Gasteiger partial charge in [0.1, 0.15) is 5.82 Å². The van der Waals surface area contributed by atoms with E-state index in [0.29, 0.717) is 6.54 Å². The smallest absolute Gasteiger partial charge is 0.141 e. The second kappa shape index (κ2) is 6.05. The molecule has 0 radical (unpaired) electrons. The van der Waals surface area contributed by atoms with Crippen LogP contribution >= 0.6 is 11.6 Å². The first-order chi connectivity index (χ1) is 7.17. The Morgan fingerprint density at radius 3 is 2.80 bits per heavy atom. The number of halogens is 2. The first-order valence-electron chi connectivity index (χ1n) is 4.95. The molecule has 0 heterocycles. The van der Waals surface area contributed by atoms with Gasteiger partial charge in [0.05, 0.1) is 11.6 Å². The molecule has 1 unspecified atom stereocenters. The zero-order valence-corrected chi connectivity index (χ0v) is 9.39. The first kappa shape index (κ1) is 12.4. The predicted octanol–water partition coefficient (Wildman–Crippen LogP) is 2.34. The highest BCUT2D eigenvalue weighted by molar-refractivity contribution is 6.30. The second-order valence-electron chi connectivity index (χ2n) is 3.42. The average Bonchev–Trinajstić information content (AvgIpc) is 2.24. The molecular formula is C11H15ClFNO. The van der Waals surface area contributed by atoms with Crippen molar-refractivity contribution in [2.75, 3.05) is 6.61 Å². The molecule has 2 N–H and O–H groups in total. The van der Waals surface area contributed by atoms with E-state index in [1.54, 1.807) is 12.1 Å². The van der Waals surface area contributed by atoms with Crippen LogP contribution in [0.4, 0.5) is 4.39 Å². The molecule has 1 rings (SSSR count). The van der Waals surface area contributed by atoms with Crippen molar-refractivity contribution in [3.8, 4) is 0 Å². The fraction of sp³-hybridized carbons (Fsp3) is 0.455. The van der Waals surface area contributed by atoms with Crippen molar-refractivity contribution in [1.82, 2.24) is 5.32 Å². The van der Waals surface area contributed by atoms with Crippen molar-refractivity contribution in [3.05, 3.63) is 34.6 Å². The third kappa shape index (κ3) is 3.78. The Labute approximate surface area is 94.1 Å². The molecular weight excluding hydrogens is 217 g/mol. The van der Waals surface area contributed by atoms with Crippen LogP contribution in [0.25, 0.3) is 0 Å². The number of rotatable bonds is 5. The Morgan fingerprint density at radius 1 is 1.53 bits per heavy atom. The summed E-state index contributed by atoms with van der Waals surface area (Å²) >= 11 is 5.64. The van der Waals surface area contributed by atoms with Crippen molar-refractivity contribution in [2.45, 2.75) is 25.9 Å². The number of aliphatic hydroxyl groups excluding tert-OH is 1. The van der Waals surface area contributed by atoms with Crippen LogP contribution < -0.4 is 5.32 Å². The SMILES string of the molecule is CCC(CO)NCc1ccc(F)c(Cl)c1. The quantitative estimate of drug-likeness (QED) is 0.815. The van der Waals surface area contributed by atoms with Crippen LogP contribution in [0.5, 0.6) is 0 Å². The summed E-state index contributed by atoms with van der Waals surface area (Å²) in [7, 11) is 0. The van der Waals surface area contributed by atoms with Gasteiger partial charge in [0.2, 0.25) is 0 Å². The van der Waals surface area contributed by atoms with Crippen molar-refractivity contribution in [2.24, 2.45) is 0 Å². The largest absolute Gasteiger partial charge is 0.395 e. The molecule has 1 atom stereocenters. The van der Waals surface area contributed by atoms with Gasteiger partial charge in [-0.3, -0.25) is 0 Å². The van der Waals surface area contributed by atoms with Crippen molar-refractivity contribution >= 4 is 11.6 Å². The molecule has 1 aromatic carbocycles. The lowest BCUT2D eigenvalue weighted by Crippen LogP contribution is -2.31. The van der Waals surface area contributed by atoms with Gasteiger partial charge in [-0.25, -0.2) is 4.39 Å². The fourth-order valence-corrected chi connectivity index (χ4v) is 1.45. The molecule has 0 aliphatic heterocycles. The van der Waals surface area contributed by atoms with E-state index in [-0.39, 0.29) is 17.7 Å². The Morgan fingerprint density at radius 2 is 2.27 bits per heavy atom. The molecule has 0 aliphatic carbocycles.